The normalized spacial score (nSPS) is 19.4. The van der Waals surface area contributed by atoms with Crippen LogP contribution in [0.25, 0.3) is 0 Å². The lowest BCUT2D eigenvalue weighted by molar-refractivity contribution is 0.512. The van der Waals surface area contributed by atoms with Crippen molar-refractivity contribution in [1.82, 2.24) is 0 Å². The topological polar surface area (TPSA) is 58.5 Å². The Balaban J connectivity index is 1.88. The Kier molecular flexibility index (Phi) is 4.32. The number of aryl methyl sites for hydroxylation is 1. The number of hydrogen-bond acceptors (Lipinski definition) is 4. The fraction of sp³-hybridized carbons (Fsp3) is 0.143. The molecule has 0 saturated carbocycles. The summed E-state index contributed by atoms with van der Waals surface area (Å²) in [5.41, 5.74) is 18.5. The van der Waals surface area contributed by atoms with E-state index in [0.29, 0.717) is 5.02 Å². The molecule has 2 unspecified atom stereocenters. The molecule has 3 aromatic carbocycles. The smallest absolute Gasteiger partial charge is 0.161 e. The third-order valence-corrected chi connectivity index (χ3v) is 5.02. The van der Waals surface area contributed by atoms with E-state index in [0.717, 1.165) is 22.6 Å². The zero-order valence-corrected chi connectivity index (χ0v) is 15.3. The first kappa shape index (κ1) is 16.9. The first-order valence-corrected chi connectivity index (χ1v) is 8.94. The van der Waals surface area contributed by atoms with E-state index in [9.17, 15) is 0 Å². The number of hydrogen-bond donors (Lipinski definition) is 2. The highest BCUT2D eigenvalue weighted by molar-refractivity contribution is 6.30. The molecule has 4 N–H and O–H groups in total. The molecule has 3 aromatic rings. The summed E-state index contributed by atoms with van der Waals surface area (Å²) in [5, 5.41) is 0.670. The van der Waals surface area contributed by atoms with E-state index in [1.807, 2.05) is 53.4 Å². The maximum atomic E-state index is 6.71. The molecule has 0 saturated heterocycles. The van der Waals surface area contributed by atoms with Gasteiger partial charge in [-0.2, -0.15) is 0 Å². The van der Waals surface area contributed by atoms with Gasteiger partial charge in [0.05, 0.1) is 5.69 Å². The largest absolute Gasteiger partial charge is 0.319 e. The Morgan fingerprint density at radius 2 is 1.58 bits per heavy atom. The predicted molar refractivity (Wildman–Crippen MR) is 109 cm³/mol. The number of halogens is 1. The highest BCUT2D eigenvalue weighted by Gasteiger charge is 2.36. The monoisotopic (exact) mass is 364 g/mol. The van der Waals surface area contributed by atoms with Crippen LogP contribution >= 0.6 is 11.6 Å². The van der Waals surface area contributed by atoms with Crippen LogP contribution in [-0.4, -0.2) is 6.29 Å². The second kappa shape index (κ2) is 6.65. The van der Waals surface area contributed by atoms with E-state index in [-0.39, 0.29) is 6.17 Å². The van der Waals surface area contributed by atoms with Crippen LogP contribution in [0.15, 0.2) is 72.8 Å². The van der Waals surface area contributed by atoms with Crippen LogP contribution in [-0.2, 0) is 0 Å². The molecule has 132 valence electrons. The van der Waals surface area contributed by atoms with Gasteiger partial charge in [0.1, 0.15) is 6.17 Å². The van der Waals surface area contributed by atoms with Crippen LogP contribution in [0.4, 0.5) is 17.1 Å². The summed E-state index contributed by atoms with van der Waals surface area (Å²) in [6.07, 6.45) is -0.791. The molecule has 26 heavy (non-hydrogen) atoms. The molecule has 0 aromatic heterocycles. The molecule has 0 amide bonds. The summed E-state index contributed by atoms with van der Waals surface area (Å²) in [5.74, 6) is 0. The first-order chi connectivity index (χ1) is 12.6. The van der Waals surface area contributed by atoms with Crippen molar-refractivity contribution in [1.29, 1.82) is 0 Å². The number of nitrogens with two attached hydrogens (primary N) is 2. The molecule has 1 aliphatic rings. The SMILES string of the molecule is Cc1ccc(N2C(N)c3ccccc3N(c3cccc(Cl)c3)C2N)cc1. The Bertz CT molecular complexity index is 925. The standard InChI is InChI=1S/C21H21ClN4/c1-14-9-11-16(12-10-14)26-20(23)18-7-2-3-8-19(18)25(21(26)24)17-6-4-5-15(22)13-17/h2-13,20-21H,23-24H2,1H3. The van der Waals surface area contributed by atoms with Gasteiger partial charge in [-0.15, -0.1) is 0 Å². The number of benzene rings is 3. The van der Waals surface area contributed by atoms with Gasteiger partial charge in [0.2, 0.25) is 0 Å². The molecule has 0 spiro atoms. The molecule has 1 heterocycles. The van der Waals surface area contributed by atoms with Crippen LogP contribution in [0, 0.1) is 6.92 Å². The quantitative estimate of drug-likeness (QED) is 0.702. The third-order valence-electron chi connectivity index (χ3n) is 4.78. The molecule has 0 fully saturated rings. The van der Waals surface area contributed by atoms with Gasteiger partial charge in [0, 0.05) is 22.0 Å². The zero-order chi connectivity index (χ0) is 18.3. The van der Waals surface area contributed by atoms with Crippen LogP contribution in [0.5, 0.6) is 0 Å². The molecule has 0 aliphatic carbocycles. The lowest BCUT2D eigenvalue weighted by atomic mass is 10.0. The van der Waals surface area contributed by atoms with Crippen molar-refractivity contribution in [3.8, 4) is 0 Å². The van der Waals surface area contributed by atoms with Crippen molar-refractivity contribution in [2.24, 2.45) is 11.5 Å². The Morgan fingerprint density at radius 3 is 2.31 bits per heavy atom. The maximum absolute atomic E-state index is 6.71. The van der Waals surface area contributed by atoms with Crippen molar-refractivity contribution < 1.29 is 0 Å². The molecule has 0 bridgehead atoms. The van der Waals surface area contributed by atoms with Gasteiger partial charge in [-0.25, -0.2) is 0 Å². The highest BCUT2D eigenvalue weighted by Crippen LogP contribution is 2.41. The maximum Gasteiger partial charge on any atom is 0.161 e. The summed E-state index contributed by atoms with van der Waals surface area (Å²) < 4.78 is 0. The summed E-state index contributed by atoms with van der Waals surface area (Å²) in [7, 11) is 0. The van der Waals surface area contributed by atoms with E-state index in [1.165, 1.54) is 5.56 Å². The fourth-order valence-electron chi connectivity index (χ4n) is 3.49. The molecule has 4 rings (SSSR count). The van der Waals surface area contributed by atoms with E-state index < -0.39 is 6.29 Å². The van der Waals surface area contributed by atoms with E-state index in [4.69, 9.17) is 23.1 Å². The van der Waals surface area contributed by atoms with E-state index in [1.54, 1.807) is 0 Å². The number of fused-ring (bicyclic) bond motifs is 1. The average molecular weight is 365 g/mol. The van der Waals surface area contributed by atoms with Gasteiger partial charge in [-0.1, -0.05) is 53.6 Å². The van der Waals surface area contributed by atoms with Gasteiger partial charge in [-0.3, -0.25) is 5.73 Å². The number of anilines is 3. The number of para-hydroxylation sites is 1. The second-order valence-electron chi connectivity index (χ2n) is 6.51. The van der Waals surface area contributed by atoms with Crippen molar-refractivity contribution in [2.45, 2.75) is 19.4 Å². The van der Waals surface area contributed by atoms with Crippen LogP contribution in [0.1, 0.15) is 17.3 Å². The van der Waals surface area contributed by atoms with E-state index >= 15 is 0 Å². The fourth-order valence-corrected chi connectivity index (χ4v) is 3.67. The second-order valence-corrected chi connectivity index (χ2v) is 6.95. The van der Waals surface area contributed by atoms with Crippen molar-refractivity contribution >= 4 is 28.7 Å². The molecule has 0 radical (unpaired) electrons. The van der Waals surface area contributed by atoms with Gasteiger partial charge in [-0.05, 0) is 43.3 Å². The minimum Gasteiger partial charge on any atom is -0.319 e. The van der Waals surface area contributed by atoms with Crippen molar-refractivity contribution in [2.75, 3.05) is 9.80 Å². The number of rotatable bonds is 2. The molecule has 2 atom stereocenters. The minimum absolute atomic E-state index is 0.334. The van der Waals surface area contributed by atoms with Crippen LogP contribution in [0.3, 0.4) is 0 Å². The summed E-state index contributed by atoms with van der Waals surface area (Å²) in [6.45, 7) is 2.06. The lowest BCUT2D eigenvalue weighted by Gasteiger charge is -2.48. The van der Waals surface area contributed by atoms with E-state index in [2.05, 4.69) is 36.1 Å². The summed E-state index contributed by atoms with van der Waals surface area (Å²) in [6, 6.07) is 24.0. The van der Waals surface area contributed by atoms with Gasteiger partial charge in [0.15, 0.2) is 6.29 Å². The van der Waals surface area contributed by atoms with Crippen LogP contribution in [0.2, 0.25) is 5.02 Å². The third kappa shape index (κ3) is 2.82. The highest BCUT2D eigenvalue weighted by atomic mass is 35.5. The van der Waals surface area contributed by atoms with Crippen molar-refractivity contribution in [3.05, 3.63) is 88.9 Å². The Hall–Kier alpha value is -2.53. The van der Waals surface area contributed by atoms with Gasteiger partial charge >= 0.3 is 0 Å². The summed E-state index contributed by atoms with van der Waals surface area (Å²) >= 11 is 6.23. The van der Waals surface area contributed by atoms with Gasteiger partial charge < -0.3 is 15.5 Å². The average Bonchev–Trinajstić information content (AvgIpc) is 2.64. The predicted octanol–water partition coefficient (Wildman–Crippen LogP) is 4.51. The van der Waals surface area contributed by atoms with Crippen LogP contribution < -0.4 is 21.3 Å². The van der Waals surface area contributed by atoms with Gasteiger partial charge in [0.25, 0.3) is 0 Å². The number of nitrogens with zero attached hydrogens (tertiary/aromatic N) is 2. The Morgan fingerprint density at radius 1 is 0.846 bits per heavy atom. The zero-order valence-electron chi connectivity index (χ0n) is 14.5. The van der Waals surface area contributed by atoms with Crippen molar-refractivity contribution in [3.63, 3.8) is 0 Å². The molecular weight excluding hydrogens is 344 g/mol. The molecule has 1 aliphatic heterocycles. The molecule has 5 heteroatoms. The molecular formula is C21H21ClN4. The summed E-state index contributed by atoms with van der Waals surface area (Å²) in [4.78, 5) is 4.10. The molecule has 4 nitrogen and oxygen atoms in total. The lowest BCUT2D eigenvalue weighted by Crippen LogP contribution is -2.59. The Labute approximate surface area is 158 Å². The first-order valence-electron chi connectivity index (χ1n) is 8.56. The minimum atomic E-state index is -0.457.